The fraction of sp³-hybridized carbons (Fsp3) is 0.235. The molecular weight excluding hydrogens is 262 g/mol. The molecule has 0 unspecified atom stereocenters. The zero-order chi connectivity index (χ0) is 15.1. The Morgan fingerprint density at radius 1 is 1.00 bits per heavy atom. The van der Waals surface area contributed by atoms with Gasteiger partial charge in [0.1, 0.15) is 0 Å². The fourth-order valence-corrected chi connectivity index (χ4v) is 1.91. The molecule has 1 amide bonds. The molecule has 2 N–H and O–H groups in total. The van der Waals surface area contributed by atoms with Crippen molar-refractivity contribution in [2.75, 3.05) is 30.9 Å². The number of hydrogen-bond acceptors (Lipinski definition) is 3. The molecule has 0 saturated carbocycles. The van der Waals surface area contributed by atoms with Gasteiger partial charge >= 0.3 is 0 Å². The molecule has 0 spiro atoms. The van der Waals surface area contributed by atoms with Crippen LogP contribution in [0.3, 0.4) is 0 Å². The summed E-state index contributed by atoms with van der Waals surface area (Å²) in [6.07, 6.45) is 0. The maximum Gasteiger partial charge on any atom is 0.239 e. The van der Waals surface area contributed by atoms with Gasteiger partial charge in [-0.15, -0.1) is 0 Å². The van der Waals surface area contributed by atoms with Crippen LogP contribution in [-0.4, -0.2) is 26.5 Å². The first-order valence-corrected chi connectivity index (χ1v) is 6.97. The molecule has 0 atom stereocenters. The Morgan fingerprint density at radius 3 is 2.29 bits per heavy atom. The van der Waals surface area contributed by atoms with Crippen molar-refractivity contribution < 1.29 is 4.79 Å². The highest BCUT2D eigenvalue weighted by Crippen LogP contribution is 2.11. The summed E-state index contributed by atoms with van der Waals surface area (Å²) in [6.45, 7) is 0.822. The van der Waals surface area contributed by atoms with Gasteiger partial charge in [0.2, 0.25) is 5.91 Å². The largest absolute Gasteiger partial charge is 0.378 e. The first-order chi connectivity index (χ1) is 10.1. The lowest BCUT2D eigenvalue weighted by Crippen LogP contribution is -2.29. The topological polar surface area (TPSA) is 44.4 Å². The van der Waals surface area contributed by atoms with E-state index < -0.39 is 0 Å². The summed E-state index contributed by atoms with van der Waals surface area (Å²) < 4.78 is 0. The monoisotopic (exact) mass is 283 g/mol. The van der Waals surface area contributed by atoms with Crippen LogP contribution in [0.1, 0.15) is 5.56 Å². The summed E-state index contributed by atoms with van der Waals surface area (Å²) in [4.78, 5) is 13.8. The minimum Gasteiger partial charge on any atom is -0.378 e. The Balaban J connectivity index is 1.76. The van der Waals surface area contributed by atoms with Crippen LogP contribution >= 0.6 is 0 Å². The lowest BCUT2D eigenvalue weighted by atomic mass is 10.2. The Hall–Kier alpha value is -2.49. The molecule has 110 valence electrons. The number of anilines is 2. The summed E-state index contributed by atoms with van der Waals surface area (Å²) in [5.41, 5.74) is 3.19. The summed E-state index contributed by atoms with van der Waals surface area (Å²) >= 11 is 0. The van der Waals surface area contributed by atoms with E-state index in [-0.39, 0.29) is 12.5 Å². The van der Waals surface area contributed by atoms with Gasteiger partial charge in [-0.1, -0.05) is 30.3 Å². The molecule has 0 aromatic heterocycles. The van der Waals surface area contributed by atoms with Crippen LogP contribution in [0.4, 0.5) is 11.4 Å². The van der Waals surface area contributed by atoms with Crippen molar-refractivity contribution in [1.82, 2.24) is 5.32 Å². The van der Waals surface area contributed by atoms with Crippen molar-refractivity contribution in [3.8, 4) is 0 Å². The summed E-state index contributed by atoms with van der Waals surface area (Å²) in [6, 6.07) is 17.8. The van der Waals surface area contributed by atoms with Gasteiger partial charge < -0.3 is 15.5 Å². The average Bonchev–Trinajstić information content (AvgIpc) is 2.52. The molecule has 2 aromatic rings. The highest BCUT2D eigenvalue weighted by molar-refractivity contribution is 5.80. The normalized spacial score (nSPS) is 10.0. The number of para-hydroxylation sites is 1. The van der Waals surface area contributed by atoms with E-state index in [0.717, 1.165) is 16.9 Å². The van der Waals surface area contributed by atoms with Crippen LogP contribution in [0.5, 0.6) is 0 Å². The average molecular weight is 283 g/mol. The third kappa shape index (κ3) is 4.84. The van der Waals surface area contributed by atoms with Crippen molar-refractivity contribution in [2.24, 2.45) is 0 Å². The number of nitrogens with one attached hydrogen (secondary N) is 2. The molecule has 21 heavy (non-hydrogen) atoms. The van der Waals surface area contributed by atoms with Gasteiger partial charge in [-0.3, -0.25) is 4.79 Å². The number of carbonyl (C=O) groups is 1. The van der Waals surface area contributed by atoms with Crippen LogP contribution in [-0.2, 0) is 11.3 Å². The van der Waals surface area contributed by atoms with Crippen LogP contribution in [0.25, 0.3) is 0 Å². The van der Waals surface area contributed by atoms with Gasteiger partial charge in [0, 0.05) is 32.0 Å². The molecule has 4 nitrogen and oxygen atoms in total. The van der Waals surface area contributed by atoms with Gasteiger partial charge in [0.05, 0.1) is 6.54 Å². The lowest BCUT2D eigenvalue weighted by molar-refractivity contribution is -0.119. The van der Waals surface area contributed by atoms with E-state index in [4.69, 9.17) is 0 Å². The van der Waals surface area contributed by atoms with Gasteiger partial charge in [0.15, 0.2) is 0 Å². The number of amides is 1. The molecule has 2 aromatic carbocycles. The molecule has 0 heterocycles. The minimum atomic E-state index is -0.0180. The second kappa shape index (κ2) is 7.33. The van der Waals surface area contributed by atoms with Crippen LogP contribution in [0.15, 0.2) is 54.6 Å². The minimum absolute atomic E-state index is 0.0180. The van der Waals surface area contributed by atoms with E-state index in [1.807, 2.05) is 73.6 Å². The third-order valence-corrected chi connectivity index (χ3v) is 3.17. The van der Waals surface area contributed by atoms with Crippen LogP contribution in [0.2, 0.25) is 0 Å². The van der Waals surface area contributed by atoms with Crippen molar-refractivity contribution in [1.29, 1.82) is 0 Å². The van der Waals surface area contributed by atoms with E-state index in [9.17, 15) is 4.79 Å². The first kappa shape index (κ1) is 14.9. The number of hydrogen-bond donors (Lipinski definition) is 2. The highest BCUT2D eigenvalue weighted by atomic mass is 16.1. The molecule has 4 heteroatoms. The number of carbonyl (C=O) groups excluding carboxylic acids is 1. The SMILES string of the molecule is CN(C)c1ccc(CNC(=O)CNc2ccccc2)cc1. The number of rotatable bonds is 6. The highest BCUT2D eigenvalue weighted by Gasteiger charge is 2.01. The first-order valence-electron chi connectivity index (χ1n) is 6.97. The maximum absolute atomic E-state index is 11.8. The predicted molar refractivity (Wildman–Crippen MR) is 87.5 cm³/mol. The summed E-state index contributed by atoms with van der Waals surface area (Å²) in [5.74, 6) is -0.0180. The van der Waals surface area contributed by atoms with Crippen LogP contribution < -0.4 is 15.5 Å². The molecule has 0 radical (unpaired) electrons. The molecule has 0 aliphatic heterocycles. The van der Waals surface area contributed by atoms with E-state index in [1.54, 1.807) is 0 Å². The van der Waals surface area contributed by atoms with E-state index >= 15 is 0 Å². The van der Waals surface area contributed by atoms with Gasteiger partial charge in [-0.25, -0.2) is 0 Å². The van der Waals surface area contributed by atoms with Crippen molar-refractivity contribution >= 4 is 17.3 Å². The van der Waals surface area contributed by atoms with Crippen molar-refractivity contribution in [2.45, 2.75) is 6.54 Å². The zero-order valence-electron chi connectivity index (χ0n) is 12.5. The molecule has 2 rings (SSSR count). The van der Waals surface area contributed by atoms with Gasteiger partial charge in [-0.05, 0) is 29.8 Å². The quantitative estimate of drug-likeness (QED) is 0.856. The Bertz CT molecular complexity index is 564. The Labute approximate surface area is 125 Å². The molecule has 0 fully saturated rings. The van der Waals surface area contributed by atoms with Crippen molar-refractivity contribution in [3.63, 3.8) is 0 Å². The molecule has 0 aliphatic rings. The van der Waals surface area contributed by atoms with Crippen molar-refractivity contribution in [3.05, 3.63) is 60.2 Å². The smallest absolute Gasteiger partial charge is 0.239 e. The maximum atomic E-state index is 11.8. The molecule has 0 saturated heterocycles. The lowest BCUT2D eigenvalue weighted by Gasteiger charge is -2.13. The fourth-order valence-electron chi connectivity index (χ4n) is 1.91. The summed E-state index contributed by atoms with van der Waals surface area (Å²) in [7, 11) is 4.01. The standard InChI is InChI=1S/C17H21N3O/c1-20(2)16-10-8-14(9-11-16)12-19-17(21)13-18-15-6-4-3-5-7-15/h3-11,18H,12-13H2,1-2H3,(H,19,21). The third-order valence-electron chi connectivity index (χ3n) is 3.17. The predicted octanol–water partition coefficient (Wildman–Crippen LogP) is 2.48. The second-order valence-electron chi connectivity index (χ2n) is 5.06. The van der Waals surface area contributed by atoms with Crippen LogP contribution in [0, 0.1) is 0 Å². The number of benzene rings is 2. The molecule has 0 bridgehead atoms. The Morgan fingerprint density at radius 2 is 1.67 bits per heavy atom. The van der Waals surface area contributed by atoms with E-state index in [2.05, 4.69) is 10.6 Å². The Kier molecular flexibility index (Phi) is 5.21. The zero-order valence-corrected chi connectivity index (χ0v) is 12.5. The molecule has 0 aliphatic carbocycles. The van der Waals surface area contributed by atoms with Gasteiger partial charge in [-0.2, -0.15) is 0 Å². The van der Waals surface area contributed by atoms with E-state index in [1.165, 1.54) is 0 Å². The second-order valence-corrected chi connectivity index (χ2v) is 5.06. The summed E-state index contributed by atoms with van der Waals surface area (Å²) in [5, 5.41) is 5.99. The van der Waals surface area contributed by atoms with E-state index in [0.29, 0.717) is 6.54 Å². The molecular formula is C17H21N3O. The van der Waals surface area contributed by atoms with Gasteiger partial charge in [0.25, 0.3) is 0 Å². The number of nitrogens with zero attached hydrogens (tertiary/aromatic N) is 1.